The molecule has 0 aliphatic rings. The fourth-order valence-electron chi connectivity index (χ4n) is 3.22. The van der Waals surface area contributed by atoms with Gasteiger partial charge < -0.3 is 20.3 Å². The van der Waals surface area contributed by atoms with Gasteiger partial charge in [0.1, 0.15) is 18.0 Å². The lowest BCUT2D eigenvalue weighted by molar-refractivity contribution is -0.384. The Balaban J connectivity index is 1.61. The Morgan fingerprint density at radius 2 is 1.91 bits per heavy atom. The second-order valence-corrected chi connectivity index (χ2v) is 8.09. The highest BCUT2D eigenvalue weighted by molar-refractivity contribution is 5.95. The molecule has 0 fully saturated rings. The Morgan fingerprint density at radius 3 is 2.56 bits per heavy atom. The van der Waals surface area contributed by atoms with Crippen LogP contribution in [-0.4, -0.2) is 48.0 Å². The molecule has 2 N–H and O–H groups in total. The highest BCUT2D eigenvalue weighted by Crippen LogP contribution is 2.29. The Morgan fingerprint density at radius 1 is 1.15 bits per heavy atom. The van der Waals surface area contributed by atoms with E-state index in [1.807, 2.05) is 62.3 Å². The zero-order valence-electron chi connectivity index (χ0n) is 19.5. The number of anilines is 1. The number of pyridine rings is 1. The van der Waals surface area contributed by atoms with Crippen LogP contribution in [0.2, 0.25) is 0 Å². The van der Waals surface area contributed by atoms with Gasteiger partial charge in [-0.2, -0.15) is 0 Å². The highest BCUT2D eigenvalue weighted by Gasteiger charge is 2.19. The number of amides is 1. The number of benzene rings is 2. The topological polar surface area (TPSA) is 110 Å². The maximum atomic E-state index is 12.6. The predicted molar refractivity (Wildman–Crippen MR) is 131 cm³/mol. The molecule has 3 aromatic rings. The normalized spacial score (nSPS) is 11.6. The van der Waals surface area contributed by atoms with E-state index in [0.717, 1.165) is 23.6 Å². The third-order valence-corrected chi connectivity index (χ3v) is 5.14. The molecule has 2 aromatic carbocycles. The Kier molecular flexibility index (Phi) is 8.53. The number of hydrogen-bond donors (Lipinski definition) is 2. The number of aromatic nitrogens is 1. The van der Waals surface area contributed by atoms with Crippen LogP contribution >= 0.6 is 0 Å². The van der Waals surface area contributed by atoms with Gasteiger partial charge in [-0.15, -0.1) is 0 Å². The third kappa shape index (κ3) is 7.01. The maximum Gasteiger partial charge on any atom is 0.293 e. The average molecular weight is 464 g/mol. The van der Waals surface area contributed by atoms with E-state index in [1.54, 1.807) is 24.4 Å². The van der Waals surface area contributed by atoms with Gasteiger partial charge >= 0.3 is 0 Å². The van der Waals surface area contributed by atoms with Crippen molar-refractivity contribution < 1.29 is 14.5 Å². The van der Waals surface area contributed by atoms with Gasteiger partial charge in [-0.3, -0.25) is 19.9 Å². The molecular formula is C25H29N5O4. The zero-order chi connectivity index (χ0) is 24.5. The maximum absolute atomic E-state index is 12.6. The fourth-order valence-corrected chi connectivity index (χ4v) is 3.22. The molecule has 178 valence electrons. The van der Waals surface area contributed by atoms with Gasteiger partial charge in [0.05, 0.1) is 16.7 Å². The number of rotatable bonds is 11. The lowest BCUT2D eigenvalue weighted by Gasteiger charge is -2.15. The van der Waals surface area contributed by atoms with Crippen LogP contribution < -0.4 is 15.4 Å². The Hall–Kier alpha value is -3.98. The molecule has 1 amide bonds. The van der Waals surface area contributed by atoms with Crippen LogP contribution in [0.4, 0.5) is 11.4 Å². The summed E-state index contributed by atoms with van der Waals surface area (Å²) in [5.74, 6) is 0.370. The molecule has 0 aliphatic heterocycles. The molecule has 1 heterocycles. The summed E-state index contributed by atoms with van der Waals surface area (Å²) < 4.78 is 5.67. The van der Waals surface area contributed by atoms with Crippen molar-refractivity contribution in [3.05, 3.63) is 93.8 Å². The first-order valence-corrected chi connectivity index (χ1v) is 10.9. The number of nitro benzene ring substituents is 1. The summed E-state index contributed by atoms with van der Waals surface area (Å²) in [7, 11) is 3.97. The van der Waals surface area contributed by atoms with Crippen LogP contribution in [0.15, 0.2) is 66.9 Å². The van der Waals surface area contributed by atoms with Crippen LogP contribution in [0.1, 0.15) is 34.6 Å². The number of carbonyl (C=O) groups excluding carboxylic acids is 1. The van der Waals surface area contributed by atoms with Gasteiger partial charge in [-0.05, 0) is 63.0 Å². The molecule has 9 nitrogen and oxygen atoms in total. The number of likely N-dealkylation sites (N-methyl/N-ethyl adjacent to an activating group) is 1. The van der Waals surface area contributed by atoms with Crippen molar-refractivity contribution in [3.63, 3.8) is 0 Å². The molecule has 1 unspecified atom stereocenters. The molecule has 34 heavy (non-hydrogen) atoms. The number of hydrogen-bond acceptors (Lipinski definition) is 7. The Bertz CT molecular complexity index is 1100. The van der Waals surface area contributed by atoms with E-state index in [-0.39, 0.29) is 17.3 Å². The van der Waals surface area contributed by atoms with Crippen molar-refractivity contribution in [3.8, 4) is 5.75 Å². The minimum atomic E-state index is -0.501. The van der Waals surface area contributed by atoms with Gasteiger partial charge in [0.15, 0.2) is 0 Å². The van der Waals surface area contributed by atoms with Crippen LogP contribution in [0.3, 0.4) is 0 Å². The molecule has 1 atom stereocenters. The summed E-state index contributed by atoms with van der Waals surface area (Å²) in [6.45, 7) is 3.57. The summed E-state index contributed by atoms with van der Waals surface area (Å²) in [5, 5.41) is 17.6. The van der Waals surface area contributed by atoms with Crippen molar-refractivity contribution in [2.45, 2.75) is 19.5 Å². The minimum absolute atomic E-state index is 0.172. The summed E-state index contributed by atoms with van der Waals surface area (Å²) in [4.78, 5) is 30.1. The number of nitrogens with one attached hydrogen (secondary N) is 2. The highest BCUT2D eigenvalue weighted by atomic mass is 16.6. The fraction of sp³-hybridized carbons (Fsp3) is 0.280. The average Bonchev–Trinajstić information content (AvgIpc) is 2.83. The van der Waals surface area contributed by atoms with Crippen molar-refractivity contribution in [2.75, 3.05) is 32.6 Å². The van der Waals surface area contributed by atoms with Gasteiger partial charge in [-0.25, -0.2) is 0 Å². The van der Waals surface area contributed by atoms with E-state index in [4.69, 9.17) is 4.74 Å². The summed E-state index contributed by atoms with van der Waals surface area (Å²) >= 11 is 0. The first kappa shape index (κ1) is 24.7. The summed E-state index contributed by atoms with van der Waals surface area (Å²) in [6, 6.07) is 17.1. The van der Waals surface area contributed by atoms with Crippen LogP contribution in [0, 0.1) is 10.1 Å². The SMILES string of the molecule is CC(Nc1ccc(C(=O)NCc2ccc(OCCN(C)C)cc2)cc1[N+](=O)[O-])c1ccccn1. The van der Waals surface area contributed by atoms with Crippen LogP contribution in [0.25, 0.3) is 0 Å². The molecular weight excluding hydrogens is 434 g/mol. The van der Waals surface area contributed by atoms with E-state index in [0.29, 0.717) is 18.8 Å². The van der Waals surface area contributed by atoms with Crippen molar-refractivity contribution in [1.82, 2.24) is 15.2 Å². The van der Waals surface area contributed by atoms with Crippen molar-refractivity contribution in [1.29, 1.82) is 0 Å². The van der Waals surface area contributed by atoms with Gasteiger partial charge in [0.2, 0.25) is 0 Å². The summed E-state index contributed by atoms with van der Waals surface area (Å²) in [6.07, 6.45) is 1.67. The predicted octanol–water partition coefficient (Wildman–Crippen LogP) is 4.03. The number of ether oxygens (including phenoxy) is 1. The van der Waals surface area contributed by atoms with E-state index < -0.39 is 10.8 Å². The molecule has 3 rings (SSSR count). The molecule has 1 aromatic heterocycles. The van der Waals surface area contributed by atoms with Crippen LogP contribution in [0.5, 0.6) is 5.75 Å². The van der Waals surface area contributed by atoms with E-state index in [1.165, 1.54) is 6.07 Å². The molecule has 0 bridgehead atoms. The Labute approximate surface area is 198 Å². The smallest absolute Gasteiger partial charge is 0.293 e. The van der Waals surface area contributed by atoms with Gasteiger partial charge in [0.25, 0.3) is 11.6 Å². The molecule has 0 saturated carbocycles. The summed E-state index contributed by atoms with van der Waals surface area (Å²) in [5.41, 5.74) is 2.02. The molecule has 9 heteroatoms. The van der Waals surface area contributed by atoms with Crippen molar-refractivity contribution >= 4 is 17.3 Å². The minimum Gasteiger partial charge on any atom is -0.492 e. The second kappa shape index (κ2) is 11.8. The zero-order valence-corrected chi connectivity index (χ0v) is 19.5. The molecule has 0 aliphatic carbocycles. The lowest BCUT2D eigenvalue weighted by Crippen LogP contribution is -2.23. The van der Waals surface area contributed by atoms with Gasteiger partial charge in [-0.1, -0.05) is 18.2 Å². The molecule has 0 radical (unpaired) electrons. The first-order chi connectivity index (χ1) is 16.3. The van der Waals surface area contributed by atoms with Gasteiger partial charge in [0, 0.05) is 30.9 Å². The monoisotopic (exact) mass is 463 g/mol. The molecule has 0 saturated heterocycles. The number of carbonyl (C=O) groups is 1. The van der Waals surface area contributed by atoms with E-state index in [9.17, 15) is 14.9 Å². The largest absolute Gasteiger partial charge is 0.492 e. The number of nitro groups is 1. The van der Waals surface area contributed by atoms with E-state index in [2.05, 4.69) is 15.6 Å². The quantitative estimate of drug-likeness (QED) is 0.326. The first-order valence-electron chi connectivity index (χ1n) is 10.9. The van der Waals surface area contributed by atoms with Crippen LogP contribution in [-0.2, 0) is 6.54 Å². The van der Waals surface area contributed by atoms with E-state index >= 15 is 0 Å². The van der Waals surface area contributed by atoms with Crippen molar-refractivity contribution in [2.24, 2.45) is 0 Å². The third-order valence-electron chi connectivity index (χ3n) is 5.14. The standard InChI is InChI=1S/C25H29N5O4/c1-18(22-6-4-5-13-26-22)28-23-12-9-20(16-24(23)30(32)33)25(31)27-17-19-7-10-21(11-8-19)34-15-14-29(2)3/h4-13,16,18,28H,14-15,17H2,1-3H3,(H,27,31). The second-order valence-electron chi connectivity index (χ2n) is 8.09. The molecule has 0 spiro atoms. The number of nitrogens with zero attached hydrogens (tertiary/aromatic N) is 3. The lowest BCUT2D eigenvalue weighted by atomic mass is 10.1.